The van der Waals surface area contributed by atoms with Crippen LogP contribution in [0.2, 0.25) is 0 Å². The molecular formula is C22H15N7O4. The molecule has 0 atom stereocenters. The van der Waals surface area contributed by atoms with Gasteiger partial charge in [-0.3, -0.25) is 20.0 Å². The van der Waals surface area contributed by atoms with Crippen LogP contribution >= 0.6 is 0 Å². The molecule has 5 heterocycles. The van der Waals surface area contributed by atoms with E-state index in [4.69, 9.17) is 9.47 Å². The minimum absolute atomic E-state index is 0.273. The lowest BCUT2D eigenvalue weighted by Crippen LogP contribution is -2.33. The number of rotatable bonds is 3. The fourth-order valence-electron chi connectivity index (χ4n) is 3.58. The Balaban J connectivity index is 1.36. The minimum atomic E-state index is -0.470. The topological polar surface area (TPSA) is 126 Å². The third-order valence-electron chi connectivity index (χ3n) is 5.18. The molecule has 11 nitrogen and oxygen atoms in total. The van der Waals surface area contributed by atoms with E-state index in [1.165, 1.54) is 16.9 Å². The van der Waals surface area contributed by atoms with E-state index in [1.807, 2.05) is 6.07 Å². The highest BCUT2D eigenvalue weighted by atomic mass is 16.6. The highest BCUT2D eigenvalue weighted by molar-refractivity contribution is 6.00. The van der Waals surface area contributed by atoms with Crippen molar-refractivity contribution in [2.75, 3.05) is 18.6 Å². The summed E-state index contributed by atoms with van der Waals surface area (Å²) in [4.78, 5) is 38.5. The number of carbonyl (C=O) groups is 1. The van der Waals surface area contributed by atoms with Crippen LogP contribution in [0.5, 0.6) is 11.5 Å². The van der Waals surface area contributed by atoms with E-state index >= 15 is 0 Å². The van der Waals surface area contributed by atoms with Crippen molar-refractivity contribution in [3.63, 3.8) is 0 Å². The molecular weight excluding hydrogens is 426 g/mol. The van der Waals surface area contributed by atoms with Gasteiger partial charge in [-0.1, -0.05) is 0 Å². The minimum Gasteiger partial charge on any atom is -0.486 e. The average molecular weight is 441 g/mol. The highest BCUT2D eigenvalue weighted by Crippen LogP contribution is 2.30. The third-order valence-corrected chi connectivity index (χ3v) is 5.18. The van der Waals surface area contributed by atoms with Crippen LogP contribution < -0.4 is 20.5 Å². The van der Waals surface area contributed by atoms with Gasteiger partial charge in [-0.15, -0.1) is 5.10 Å². The molecule has 0 aliphatic carbocycles. The Bertz CT molecular complexity index is 1590. The number of carbonyl (C=O) groups excluding carboxylic acids is 1. The van der Waals surface area contributed by atoms with Crippen molar-refractivity contribution < 1.29 is 14.3 Å². The molecule has 0 saturated heterocycles. The van der Waals surface area contributed by atoms with Gasteiger partial charge in [0.05, 0.1) is 10.9 Å². The molecule has 0 spiro atoms. The molecule has 1 aliphatic heterocycles. The second-order valence-electron chi connectivity index (χ2n) is 7.24. The van der Waals surface area contributed by atoms with Crippen molar-refractivity contribution in [3.8, 4) is 22.9 Å². The number of ether oxygens (including phenoxy) is 2. The molecule has 5 aromatic rings. The molecule has 0 unspecified atom stereocenters. The Hall–Kier alpha value is -4.80. The Kier molecular flexibility index (Phi) is 4.25. The van der Waals surface area contributed by atoms with E-state index in [-0.39, 0.29) is 5.39 Å². The molecule has 4 aromatic heterocycles. The van der Waals surface area contributed by atoms with Crippen molar-refractivity contribution in [1.82, 2.24) is 29.2 Å². The lowest BCUT2D eigenvalue weighted by molar-refractivity contribution is 0.101. The Morgan fingerprint density at radius 3 is 2.79 bits per heavy atom. The number of hydrogen-bond donors (Lipinski definition) is 1. The second-order valence-corrected chi connectivity index (χ2v) is 7.24. The molecule has 0 saturated carbocycles. The summed E-state index contributed by atoms with van der Waals surface area (Å²) in [6.07, 6.45) is 6.19. The third kappa shape index (κ3) is 3.22. The van der Waals surface area contributed by atoms with Crippen LogP contribution in [0.3, 0.4) is 0 Å². The molecule has 11 heteroatoms. The predicted octanol–water partition coefficient (Wildman–Crippen LogP) is 1.66. The maximum Gasteiger partial charge on any atom is 0.280 e. The zero-order valence-electron chi connectivity index (χ0n) is 17.0. The molecule has 162 valence electrons. The lowest BCUT2D eigenvalue weighted by atomic mass is 10.2. The lowest BCUT2D eigenvalue weighted by Gasteiger charge is -2.18. The first-order valence-corrected chi connectivity index (χ1v) is 10.1. The Morgan fingerprint density at radius 1 is 1.06 bits per heavy atom. The number of fused-ring (bicyclic) bond motifs is 4. The van der Waals surface area contributed by atoms with Gasteiger partial charge < -0.3 is 9.47 Å². The molecule has 1 aliphatic rings. The SMILES string of the molecule is O=C(Nn1ccc2c(cnc3nc(-c4cccnc4)nn32)c1=O)c1ccc2c(c1)OCCO2. The highest BCUT2D eigenvalue weighted by Gasteiger charge is 2.17. The zero-order valence-corrected chi connectivity index (χ0v) is 17.0. The van der Waals surface area contributed by atoms with Gasteiger partial charge in [0.1, 0.15) is 13.2 Å². The van der Waals surface area contributed by atoms with Crippen molar-refractivity contribution in [2.24, 2.45) is 0 Å². The summed E-state index contributed by atoms with van der Waals surface area (Å²) in [5.41, 5.74) is 3.71. The van der Waals surface area contributed by atoms with E-state index < -0.39 is 11.5 Å². The molecule has 1 N–H and O–H groups in total. The van der Waals surface area contributed by atoms with E-state index in [0.29, 0.717) is 47.4 Å². The summed E-state index contributed by atoms with van der Waals surface area (Å²) >= 11 is 0. The number of pyridine rings is 2. The predicted molar refractivity (Wildman–Crippen MR) is 117 cm³/mol. The number of nitrogens with zero attached hydrogens (tertiary/aromatic N) is 6. The van der Waals surface area contributed by atoms with E-state index in [1.54, 1.807) is 42.7 Å². The van der Waals surface area contributed by atoms with Gasteiger partial charge in [0, 0.05) is 35.9 Å². The fraction of sp³-hybridized carbons (Fsp3) is 0.0909. The zero-order chi connectivity index (χ0) is 22.4. The van der Waals surface area contributed by atoms with E-state index in [0.717, 1.165) is 10.2 Å². The van der Waals surface area contributed by atoms with Crippen LogP contribution in [-0.4, -0.2) is 48.4 Å². The van der Waals surface area contributed by atoms with Crippen LogP contribution in [0.25, 0.3) is 28.1 Å². The quantitative estimate of drug-likeness (QED) is 0.448. The van der Waals surface area contributed by atoms with Crippen LogP contribution in [0.1, 0.15) is 10.4 Å². The molecule has 0 bridgehead atoms. The van der Waals surface area contributed by atoms with Crippen LogP contribution in [-0.2, 0) is 0 Å². The van der Waals surface area contributed by atoms with Gasteiger partial charge in [0.2, 0.25) is 0 Å². The number of hydrogen-bond acceptors (Lipinski definition) is 8. The van der Waals surface area contributed by atoms with Crippen molar-refractivity contribution >= 4 is 22.6 Å². The number of nitrogens with one attached hydrogen (secondary N) is 1. The summed E-state index contributed by atoms with van der Waals surface area (Å²) < 4.78 is 13.6. The summed E-state index contributed by atoms with van der Waals surface area (Å²) in [6.45, 7) is 0.871. The number of benzene rings is 1. The van der Waals surface area contributed by atoms with Gasteiger partial charge in [0.25, 0.3) is 17.2 Å². The summed E-state index contributed by atoms with van der Waals surface area (Å²) in [7, 11) is 0. The number of amides is 1. The van der Waals surface area contributed by atoms with E-state index in [2.05, 4.69) is 25.5 Å². The molecule has 6 rings (SSSR count). The van der Waals surface area contributed by atoms with Crippen LogP contribution in [0.15, 0.2) is 66.0 Å². The summed E-state index contributed by atoms with van der Waals surface area (Å²) in [6, 6.07) is 10.1. The largest absolute Gasteiger partial charge is 0.486 e. The Labute approximate surface area is 185 Å². The first-order chi connectivity index (χ1) is 16.2. The van der Waals surface area contributed by atoms with Crippen LogP contribution in [0.4, 0.5) is 0 Å². The van der Waals surface area contributed by atoms with Crippen molar-refractivity contribution in [2.45, 2.75) is 0 Å². The van der Waals surface area contributed by atoms with Gasteiger partial charge in [0.15, 0.2) is 17.3 Å². The summed E-state index contributed by atoms with van der Waals surface area (Å²) in [5, 5.41) is 4.75. The van der Waals surface area contributed by atoms with Gasteiger partial charge in [-0.2, -0.15) is 9.50 Å². The van der Waals surface area contributed by atoms with Crippen molar-refractivity contribution in [1.29, 1.82) is 0 Å². The van der Waals surface area contributed by atoms with E-state index in [9.17, 15) is 9.59 Å². The number of aromatic nitrogens is 6. The first-order valence-electron chi connectivity index (χ1n) is 10.1. The maximum absolute atomic E-state index is 13.0. The van der Waals surface area contributed by atoms with Crippen molar-refractivity contribution in [3.05, 3.63) is 77.1 Å². The normalized spacial score (nSPS) is 12.7. The first kappa shape index (κ1) is 18.9. The molecule has 33 heavy (non-hydrogen) atoms. The van der Waals surface area contributed by atoms with Crippen LogP contribution in [0, 0.1) is 0 Å². The smallest absolute Gasteiger partial charge is 0.280 e. The standard InChI is InChI=1S/C22H15N7O4/c30-20(13-3-4-17-18(10-13)33-9-8-32-17)27-28-7-5-16-15(21(28)31)12-24-22-25-19(26-29(16)22)14-2-1-6-23-11-14/h1-7,10-12H,8-9H2,(H,27,30). The maximum atomic E-state index is 13.0. The molecule has 1 amide bonds. The van der Waals surface area contributed by atoms with Gasteiger partial charge in [-0.25, -0.2) is 9.66 Å². The average Bonchev–Trinajstić information content (AvgIpc) is 3.31. The van der Waals surface area contributed by atoms with Gasteiger partial charge >= 0.3 is 0 Å². The molecule has 1 aromatic carbocycles. The fourth-order valence-corrected chi connectivity index (χ4v) is 3.58. The monoisotopic (exact) mass is 441 g/mol. The summed E-state index contributed by atoms with van der Waals surface area (Å²) in [5.74, 6) is 1.39. The molecule has 0 radical (unpaired) electrons. The molecule has 0 fully saturated rings. The second kappa shape index (κ2) is 7.41. The van der Waals surface area contributed by atoms with Gasteiger partial charge in [-0.05, 0) is 36.4 Å². The Morgan fingerprint density at radius 2 is 1.94 bits per heavy atom.